The van der Waals surface area contributed by atoms with E-state index in [2.05, 4.69) is 34.5 Å². The van der Waals surface area contributed by atoms with Crippen LogP contribution >= 0.6 is 15.9 Å². The van der Waals surface area contributed by atoms with Crippen LogP contribution in [0.25, 0.3) is 0 Å². The van der Waals surface area contributed by atoms with Crippen LogP contribution in [-0.4, -0.2) is 14.0 Å². The molecule has 126 valence electrons. The molecule has 4 fully saturated rings. The largest absolute Gasteiger partial charge is 0.241 e. The van der Waals surface area contributed by atoms with Gasteiger partial charge in [-0.05, 0) is 79.5 Å². The SMILES string of the molecule is C[C@]12CC3CC(NS(=O)(=O)c4ccc(Br)cc4)(C1)C[C@@](C)(C3)C2. The normalized spacial score (nSPS) is 42.1. The van der Waals surface area contributed by atoms with Crippen LogP contribution in [0.15, 0.2) is 33.6 Å². The van der Waals surface area contributed by atoms with E-state index in [1.54, 1.807) is 24.3 Å². The van der Waals surface area contributed by atoms with Gasteiger partial charge in [0.05, 0.1) is 4.90 Å². The summed E-state index contributed by atoms with van der Waals surface area (Å²) in [6, 6.07) is 6.93. The molecule has 5 rings (SSSR count). The average molecular weight is 398 g/mol. The highest BCUT2D eigenvalue weighted by molar-refractivity contribution is 9.10. The maximum Gasteiger partial charge on any atom is 0.241 e. The molecule has 1 aromatic rings. The van der Waals surface area contributed by atoms with Gasteiger partial charge >= 0.3 is 0 Å². The van der Waals surface area contributed by atoms with E-state index in [9.17, 15) is 8.42 Å². The molecule has 4 atom stereocenters. The topological polar surface area (TPSA) is 46.2 Å². The summed E-state index contributed by atoms with van der Waals surface area (Å²) < 4.78 is 29.9. The molecular weight excluding hydrogens is 374 g/mol. The minimum absolute atomic E-state index is 0.241. The molecule has 1 N–H and O–H groups in total. The number of benzene rings is 1. The molecule has 0 saturated heterocycles. The molecule has 0 aromatic heterocycles. The van der Waals surface area contributed by atoms with Crippen molar-refractivity contribution in [1.82, 2.24) is 4.72 Å². The summed E-state index contributed by atoms with van der Waals surface area (Å²) >= 11 is 3.36. The predicted octanol–water partition coefficient (Wildman–Crippen LogP) is 4.48. The Morgan fingerprint density at radius 3 is 2.09 bits per heavy atom. The fourth-order valence-electron chi connectivity index (χ4n) is 6.52. The highest BCUT2D eigenvalue weighted by Gasteiger charge is 2.61. The Balaban J connectivity index is 1.67. The van der Waals surface area contributed by atoms with Crippen molar-refractivity contribution >= 4 is 26.0 Å². The molecular formula is C18H24BrNO2S. The number of rotatable bonds is 3. The van der Waals surface area contributed by atoms with Gasteiger partial charge in [0, 0.05) is 10.0 Å². The smallest absolute Gasteiger partial charge is 0.207 e. The van der Waals surface area contributed by atoms with Gasteiger partial charge in [-0.25, -0.2) is 13.1 Å². The summed E-state index contributed by atoms with van der Waals surface area (Å²) in [7, 11) is -3.46. The van der Waals surface area contributed by atoms with E-state index in [1.165, 1.54) is 19.3 Å². The van der Waals surface area contributed by atoms with Gasteiger partial charge in [-0.1, -0.05) is 29.8 Å². The van der Waals surface area contributed by atoms with Gasteiger partial charge in [-0.2, -0.15) is 0 Å². The lowest BCUT2D eigenvalue weighted by Gasteiger charge is -2.65. The third-order valence-electron chi connectivity index (χ3n) is 6.10. The van der Waals surface area contributed by atoms with E-state index < -0.39 is 10.0 Å². The van der Waals surface area contributed by atoms with Gasteiger partial charge in [0.2, 0.25) is 10.0 Å². The summed E-state index contributed by atoms with van der Waals surface area (Å²) in [5.41, 5.74) is 0.363. The van der Waals surface area contributed by atoms with Crippen LogP contribution in [0, 0.1) is 16.7 Å². The van der Waals surface area contributed by atoms with Crippen LogP contribution in [0.3, 0.4) is 0 Å². The zero-order chi connectivity index (χ0) is 16.5. The van der Waals surface area contributed by atoms with E-state index in [0.29, 0.717) is 21.6 Å². The second kappa shape index (κ2) is 4.83. The van der Waals surface area contributed by atoms with Crippen molar-refractivity contribution in [3.63, 3.8) is 0 Å². The Morgan fingerprint density at radius 2 is 1.57 bits per heavy atom. The lowest BCUT2D eigenvalue weighted by atomic mass is 9.43. The minimum atomic E-state index is -3.46. The summed E-state index contributed by atoms with van der Waals surface area (Å²) in [6.45, 7) is 4.72. The number of hydrogen-bond donors (Lipinski definition) is 1. The monoisotopic (exact) mass is 397 g/mol. The third-order valence-corrected chi connectivity index (χ3v) is 8.22. The number of hydrogen-bond acceptors (Lipinski definition) is 2. The molecule has 1 aromatic carbocycles. The zero-order valence-electron chi connectivity index (χ0n) is 13.7. The van der Waals surface area contributed by atoms with Crippen molar-refractivity contribution in [2.75, 3.05) is 0 Å². The molecule has 4 bridgehead atoms. The Labute approximate surface area is 147 Å². The van der Waals surface area contributed by atoms with Crippen LogP contribution < -0.4 is 4.72 Å². The van der Waals surface area contributed by atoms with Crippen LogP contribution in [0.4, 0.5) is 0 Å². The Hall–Kier alpha value is -0.390. The van der Waals surface area contributed by atoms with E-state index >= 15 is 0 Å². The van der Waals surface area contributed by atoms with Gasteiger partial charge in [0.25, 0.3) is 0 Å². The first-order valence-electron chi connectivity index (χ1n) is 8.41. The van der Waals surface area contributed by atoms with E-state index in [1.807, 2.05) is 0 Å². The summed E-state index contributed by atoms with van der Waals surface area (Å²) in [5.74, 6) is 0.675. The molecule has 4 aliphatic carbocycles. The lowest BCUT2D eigenvalue weighted by Crippen LogP contribution is -2.65. The minimum Gasteiger partial charge on any atom is -0.207 e. The maximum absolute atomic E-state index is 12.9. The van der Waals surface area contributed by atoms with Crippen molar-refractivity contribution in [2.24, 2.45) is 16.7 Å². The molecule has 0 radical (unpaired) electrons. The molecule has 2 unspecified atom stereocenters. The van der Waals surface area contributed by atoms with Crippen molar-refractivity contribution < 1.29 is 8.42 Å². The molecule has 0 aliphatic heterocycles. The molecule has 3 nitrogen and oxygen atoms in total. The van der Waals surface area contributed by atoms with Gasteiger partial charge in [-0.3, -0.25) is 0 Å². The molecule has 0 amide bonds. The summed E-state index contributed by atoms with van der Waals surface area (Å²) in [4.78, 5) is 0.367. The average Bonchev–Trinajstić information content (AvgIpc) is 2.33. The molecule has 5 heteroatoms. The second-order valence-corrected chi connectivity index (χ2v) is 11.6. The van der Waals surface area contributed by atoms with E-state index in [0.717, 1.165) is 23.7 Å². The summed E-state index contributed by atoms with van der Waals surface area (Å²) in [6.07, 6.45) is 6.77. The standard InChI is InChI=1S/C18H24BrNO2S/c1-16-7-13-8-17(2,10-16)12-18(9-13,11-16)20-23(21,22)15-5-3-14(19)4-6-15/h3-6,13,20H,7-12H2,1-2H3/t13?,16-,17+,18?. The van der Waals surface area contributed by atoms with Gasteiger partial charge < -0.3 is 0 Å². The fourth-order valence-corrected chi connectivity index (χ4v) is 8.19. The number of halogens is 1. The van der Waals surface area contributed by atoms with E-state index in [4.69, 9.17) is 0 Å². The van der Waals surface area contributed by atoms with Gasteiger partial charge in [0.1, 0.15) is 0 Å². The quantitative estimate of drug-likeness (QED) is 0.816. The number of nitrogens with one attached hydrogen (secondary N) is 1. The highest BCUT2D eigenvalue weighted by Crippen LogP contribution is 2.66. The van der Waals surface area contributed by atoms with Crippen molar-refractivity contribution in [2.45, 2.75) is 62.8 Å². The molecule has 0 spiro atoms. The predicted molar refractivity (Wildman–Crippen MR) is 94.6 cm³/mol. The van der Waals surface area contributed by atoms with Crippen LogP contribution in [-0.2, 0) is 10.0 Å². The maximum atomic E-state index is 12.9. The molecule has 4 saturated carbocycles. The Kier molecular flexibility index (Phi) is 3.38. The highest BCUT2D eigenvalue weighted by atomic mass is 79.9. The Morgan fingerprint density at radius 1 is 1.00 bits per heavy atom. The van der Waals surface area contributed by atoms with Crippen LogP contribution in [0.5, 0.6) is 0 Å². The first-order chi connectivity index (χ1) is 10.6. The molecule has 4 aliphatic rings. The van der Waals surface area contributed by atoms with Crippen molar-refractivity contribution in [3.05, 3.63) is 28.7 Å². The van der Waals surface area contributed by atoms with Crippen LogP contribution in [0.2, 0.25) is 0 Å². The fraction of sp³-hybridized carbons (Fsp3) is 0.667. The second-order valence-electron chi connectivity index (χ2n) is 8.97. The first kappa shape index (κ1) is 16.1. The van der Waals surface area contributed by atoms with Crippen LogP contribution in [0.1, 0.15) is 52.4 Å². The zero-order valence-corrected chi connectivity index (χ0v) is 16.1. The van der Waals surface area contributed by atoms with E-state index in [-0.39, 0.29) is 5.54 Å². The molecule has 0 heterocycles. The van der Waals surface area contributed by atoms with Crippen molar-refractivity contribution in [1.29, 1.82) is 0 Å². The summed E-state index contributed by atoms with van der Waals surface area (Å²) in [5, 5.41) is 0. The number of sulfonamides is 1. The molecule has 23 heavy (non-hydrogen) atoms. The first-order valence-corrected chi connectivity index (χ1v) is 10.7. The third kappa shape index (κ3) is 2.79. The van der Waals surface area contributed by atoms with Crippen molar-refractivity contribution in [3.8, 4) is 0 Å². The lowest BCUT2D eigenvalue weighted by molar-refractivity contribution is -0.110. The Bertz CT molecular complexity index is 725. The van der Waals surface area contributed by atoms with Gasteiger partial charge in [0.15, 0.2) is 0 Å². The van der Waals surface area contributed by atoms with Gasteiger partial charge in [-0.15, -0.1) is 0 Å².